The molecule has 0 aliphatic heterocycles. The first kappa shape index (κ1) is 10.3. The van der Waals surface area contributed by atoms with Gasteiger partial charge in [0.1, 0.15) is 5.75 Å². The Kier molecular flexibility index (Phi) is 2.79. The van der Waals surface area contributed by atoms with Gasteiger partial charge in [-0.15, -0.1) is 9.24 Å². The molecule has 0 aliphatic carbocycles. The first-order chi connectivity index (χ1) is 7.24. The van der Waals surface area contributed by atoms with Crippen LogP contribution < -0.4 is 15.8 Å². The molecule has 0 saturated heterocycles. The summed E-state index contributed by atoms with van der Waals surface area (Å²) in [6, 6.07) is 10.0. The fraction of sp³-hybridized carbons (Fsp3) is 0.167. The van der Waals surface area contributed by atoms with Gasteiger partial charge in [0.25, 0.3) is 0 Å². The van der Waals surface area contributed by atoms with Crippen molar-refractivity contribution in [3.8, 4) is 5.75 Å². The summed E-state index contributed by atoms with van der Waals surface area (Å²) in [6.07, 6.45) is 0. The molecule has 15 heavy (non-hydrogen) atoms. The summed E-state index contributed by atoms with van der Waals surface area (Å²) in [7, 11) is 2.71. The van der Waals surface area contributed by atoms with E-state index in [1.54, 1.807) is 0 Å². The molecule has 0 spiro atoms. The average Bonchev–Trinajstić information content (AvgIpc) is 2.26. The van der Waals surface area contributed by atoms with Gasteiger partial charge in [0.15, 0.2) is 0 Å². The SMILES string of the molecule is CCOc1cc(P)c2ccccc2c1N. The lowest BCUT2D eigenvalue weighted by molar-refractivity contribution is 0.343. The second-order valence-corrected chi connectivity index (χ2v) is 3.98. The Labute approximate surface area is 91.6 Å². The standard InChI is InChI=1S/C12H14NOP/c1-2-14-10-7-11(15)8-5-3-4-6-9(8)12(10)13/h3-7H,2,13,15H2,1H3. The molecule has 3 heteroatoms. The van der Waals surface area contributed by atoms with Crippen molar-refractivity contribution in [1.82, 2.24) is 0 Å². The summed E-state index contributed by atoms with van der Waals surface area (Å²) in [5.41, 5.74) is 6.76. The molecule has 78 valence electrons. The van der Waals surface area contributed by atoms with Crippen LogP contribution in [0.15, 0.2) is 30.3 Å². The van der Waals surface area contributed by atoms with Crippen LogP contribution in [0.3, 0.4) is 0 Å². The second-order valence-electron chi connectivity index (χ2n) is 3.36. The van der Waals surface area contributed by atoms with Crippen LogP contribution in [0.25, 0.3) is 10.8 Å². The number of benzene rings is 2. The fourth-order valence-corrected chi connectivity index (χ4v) is 2.08. The monoisotopic (exact) mass is 219 g/mol. The minimum atomic E-state index is 0.632. The van der Waals surface area contributed by atoms with E-state index in [1.807, 2.05) is 31.2 Å². The summed E-state index contributed by atoms with van der Waals surface area (Å²) in [6.45, 7) is 2.59. The third kappa shape index (κ3) is 1.78. The van der Waals surface area contributed by atoms with E-state index < -0.39 is 0 Å². The van der Waals surface area contributed by atoms with Gasteiger partial charge in [-0.2, -0.15) is 0 Å². The Balaban J connectivity index is 2.72. The molecule has 2 aromatic rings. The van der Waals surface area contributed by atoms with E-state index in [0.717, 1.165) is 27.5 Å². The first-order valence-electron chi connectivity index (χ1n) is 4.93. The van der Waals surface area contributed by atoms with E-state index in [2.05, 4.69) is 15.3 Å². The summed E-state index contributed by atoms with van der Waals surface area (Å²) in [5.74, 6) is 0.765. The van der Waals surface area contributed by atoms with Crippen LogP contribution in [0.2, 0.25) is 0 Å². The number of hydrogen-bond donors (Lipinski definition) is 1. The van der Waals surface area contributed by atoms with Gasteiger partial charge in [-0.1, -0.05) is 24.3 Å². The van der Waals surface area contributed by atoms with Crippen molar-refractivity contribution in [3.63, 3.8) is 0 Å². The number of nitrogens with two attached hydrogens (primary N) is 1. The molecular formula is C12H14NOP. The van der Waals surface area contributed by atoms with E-state index in [0.29, 0.717) is 6.61 Å². The molecule has 1 unspecified atom stereocenters. The first-order valence-corrected chi connectivity index (χ1v) is 5.51. The molecule has 1 atom stereocenters. The molecule has 2 nitrogen and oxygen atoms in total. The molecule has 2 aromatic carbocycles. The highest BCUT2D eigenvalue weighted by Crippen LogP contribution is 2.30. The number of anilines is 1. The molecular weight excluding hydrogens is 205 g/mol. The number of nitrogen functional groups attached to an aromatic ring is 1. The van der Waals surface area contributed by atoms with E-state index >= 15 is 0 Å². The lowest BCUT2D eigenvalue weighted by Gasteiger charge is -2.11. The van der Waals surface area contributed by atoms with Crippen molar-refractivity contribution in [3.05, 3.63) is 30.3 Å². The zero-order valence-electron chi connectivity index (χ0n) is 8.66. The van der Waals surface area contributed by atoms with Crippen LogP contribution in [0.1, 0.15) is 6.92 Å². The van der Waals surface area contributed by atoms with Crippen molar-refractivity contribution in [2.24, 2.45) is 0 Å². The van der Waals surface area contributed by atoms with Crippen molar-refractivity contribution in [2.75, 3.05) is 12.3 Å². The second kappa shape index (κ2) is 4.08. The molecule has 0 amide bonds. The van der Waals surface area contributed by atoms with E-state index in [1.165, 1.54) is 0 Å². The van der Waals surface area contributed by atoms with Crippen LogP contribution in [0, 0.1) is 0 Å². The zero-order chi connectivity index (χ0) is 10.8. The summed E-state index contributed by atoms with van der Waals surface area (Å²) >= 11 is 0. The van der Waals surface area contributed by atoms with Crippen LogP contribution >= 0.6 is 9.24 Å². The van der Waals surface area contributed by atoms with Crippen molar-refractivity contribution in [2.45, 2.75) is 6.92 Å². The van der Waals surface area contributed by atoms with Crippen LogP contribution in [0.5, 0.6) is 5.75 Å². The molecule has 0 bridgehead atoms. The predicted octanol–water partition coefficient (Wildman–Crippen LogP) is 2.32. The Morgan fingerprint density at radius 1 is 1.27 bits per heavy atom. The zero-order valence-corrected chi connectivity index (χ0v) is 9.81. The molecule has 0 saturated carbocycles. The van der Waals surface area contributed by atoms with Gasteiger partial charge in [-0.3, -0.25) is 0 Å². The van der Waals surface area contributed by atoms with Crippen molar-refractivity contribution >= 4 is 31.0 Å². The molecule has 0 aromatic heterocycles. The third-order valence-electron chi connectivity index (χ3n) is 2.38. The van der Waals surface area contributed by atoms with Gasteiger partial charge in [0, 0.05) is 5.39 Å². The van der Waals surface area contributed by atoms with Crippen LogP contribution in [-0.4, -0.2) is 6.61 Å². The maximum atomic E-state index is 6.04. The maximum Gasteiger partial charge on any atom is 0.143 e. The van der Waals surface area contributed by atoms with Crippen LogP contribution in [0.4, 0.5) is 5.69 Å². The number of ether oxygens (including phenoxy) is 1. The highest BCUT2D eigenvalue weighted by molar-refractivity contribution is 7.28. The summed E-state index contributed by atoms with van der Waals surface area (Å²) < 4.78 is 5.49. The minimum absolute atomic E-state index is 0.632. The highest BCUT2D eigenvalue weighted by atomic mass is 31.0. The predicted molar refractivity (Wildman–Crippen MR) is 68.9 cm³/mol. The van der Waals surface area contributed by atoms with Crippen molar-refractivity contribution < 1.29 is 4.74 Å². The highest BCUT2D eigenvalue weighted by Gasteiger charge is 2.07. The van der Waals surface area contributed by atoms with Gasteiger partial charge in [-0.25, -0.2) is 0 Å². The summed E-state index contributed by atoms with van der Waals surface area (Å²) in [4.78, 5) is 0. The fourth-order valence-electron chi connectivity index (χ4n) is 1.67. The van der Waals surface area contributed by atoms with Gasteiger partial charge >= 0.3 is 0 Å². The molecule has 0 heterocycles. The molecule has 0 fully saturated rings. The maximum absolute atomic E-state index is 6.04. The number of rotatable bonds is 2. The van der Waals surface area contributed by atoms with Gasteiger partial charge in [-0.05, 0) is 23.7 Å². The van der Waals surface area contributed by atoms with Gasteiger partial charge in [0.05, 0.1) is 12.3 Å². The normalized spacial score (nSPS) is 10.5. The van der Waals surface area contributed by atoms with Gasteiger partial charge in [0.2, 0.25) is 0 Å². The largest absolute Gasteiger partial charge is 0.492 e. The smallest absolute Gasteiger partial charge is 0.143 e. The average molecular weight is 219 g/mol. The van der Waals surface area contributed by atoms with Crippen molar-refractivity contribution in [1.29, 1.82) is 0 Å². The third-order valence-corrected chi connectivity index (χ3v) is 2.86. The van der Waals surface area contributed by atoms with Crippen LogP contribution in [-0.2, 0) is 0 Å². The Morgan fingerprint density at radius 2 is 1.93 bits per heavy atom. The van der Waals surface area contributed by atoms with E-state index in [9.17, 15) is 0 Å². The quantitative estimate of drug-likeness (QED) is 0.621. The Bertz CT molecular complexity index is 496. The number of hydrogen-bond acceptors (Lipinski definition) is 2. The lowest BCUT2D eigenvalue weighted by Crippen LogP contribution is -2.03. The molecule has 2 N–H and O–H groups in total. The minimum Gasteiger partial charge on any atom is -0.492 e. The summed E-state index contributed by atoms with van der Waals surface area (Å²) in [5, 5.41) is 3.32. The Morgan fingerprint density at radius 3 is 2.60 bits per heavy atom. The number of fused-ring (bicyclic) bond motifs is 1. The molecule has 2 rings (SSSR count). The Hall–Kier alpha value is -1.27. The van der Waals surface area contributed by atoms with E-state index in [4.69, 9.17) is 10.5 Å². The molecule has 0 aliphatic rings. The topological polar surface area (TPSA) is 35.2 Å². The lowest BCUT2D eigenvalue weighted by atomic mass is 10.1. The van der Waals surface area contributed by atoms with Gasteiger partial charge < -0.3 is 10.5 Å². The van der Waals surface area contributed by atoms with E-state index in [-0.39, 0.29) is 0 Å². The molecule has 0 radical (unpaired) electrons.